The second kappa shape index (κ2) is 5.63. The van der Waals surface area contributed by atoms with Gasteiger partial charge in [0.1, 0.15) is 6.10 Å². The van der Waals surface area contributed by atoms with Crippen LogP contribution in [0.4, 0.5) is 0 Å². The summed E-state index contributed by atoms with van der Waals surface area (Å²) in [5.41, 5.74) is 0.697. The van der Waals surface area contributed by atoms with E-state index in [-0.39, 0.29) is 6.42 Å². The van der Waals surface area contributed by atoms with Gasteiger partial charge in [-0.2, -0.15) is 0 Å². The van der Waals surface area contributed by atoms with Gasteiger partial charge in [-0.05, 0) is 35.8 Å². The Balaban J connectivity index is 4.58. The molecule has 0 amide bonds. The third kappa shape index (κ3) is 7.64. The van der Waals surface area contributed by atoms with Gasteiger partial charge in [-0.3, -0.25) is 9.09 Å². The minimum Gasteiger partial charge on any atom is -0.298 e. The zero-order valence-corrected chi connectivity index (χ0v) is 11.8. The zero-order valence-electron chi connectivity index (χ0n) is 7.15. The standard InChI is InChI=1S/C6H8Cl5O2P/c1-4(2)3-5(6(7,8)9)13-14(10,11)12/h5H,1,3H2,2H3. The summed E-state index contributed by atoms with van der Waals surface area (Å²) in [4.78, 5) is 0. The molecule has 0 heterocycles. The first-order chi connectivity index (χ1) is 6.02. The topological polar surface area (TPSA) is 26.3 Å². The lowest BCUT2D eigenvalue weighted by Gasteiger charge is -2.24. The summed E-state index contributed by atoms with van der Waals surface area (Å²) in [5, 5.41) is 0. The van der Waals surface area contributed by atoms with Gasteiger partial charge in [-0.1, -0.05) is 40.4 Å². The summed E-state index contributed by atoms with van der Waals surface area (Å²) in [6.45, 7) is 5.32. The Morgan fingerprint density at radius 3 is 2.14 bits per heavy atom. The summed E-state index contributed by atoms with van der Waals surface area (Å²) in [5.74, 6) is 0. The van der Waals surface area contributed by atoms with Crippen molar-refractivity contribution in [1.82, 2.24) is 0 Å². The number of hydrogen-bond donors (Lipinski definition) is 0. The molecule has 1 unspecified atom stereocenters. The molecular formula is C6H8Cl5O2P. The average Bonchev–Trinajstić information content (AvgIpc) is 1.78. The van der Waals surface area contributed by atoms with E-state index in [0.29, 0.717) is 5.57 Å². The van der Waals surface area contributed by atoms with Gasteiger partial charge in [0.15, 0.2) is 0 Å². The van der Waals surface area contributed by atoms with Gasteiger partial charge in [0.25, 0.3) is 0 Å². The van der Waals surface area contributed by atoms with E-state index in [9.17, 15) is 4.57 Å². The van der Waals surface area contributed by atoms with Crippen molar-refractivity contribution in [2.45, 2.75) is 23.2 Å². The third-order valence-electron chi connectivity index (χ3n) is 1.15. The monoisotopic (exact) mass is 318 g/mol. The number of rotatable bonds is 4. The maximum Gasteiger partial charge on any atom is 0.380 e. The van der Waals surface area contributed by atoms with E-state index in [1.54, 1.807) is 6.92 Å². The summed E-state index contributed by atoms with van der Waals surface area (Å²) in [7, 11) is 0. The van der Waals surface area contributed by atoms with Gasteiger partial charge < -0.3 is 0 Å². The van der Waals surface area contributed by atoms with Crippen molar-refractivity contribution >= 4 is 63.4 Å². The van der Waals surface area contributed by atoms with Crippen LogP contribution in [0, 0.1) is 0 Å². The van der Waals surface area contributed by atoms with Crippen LogP contribution in [0.5, 0.6) is 0 Å². The summed E-state index contributed by atoms with van der Waals surface area (Å²) >= 11 is 27.1. The molecule has 2 nitrogen and oxygen atoms in total. The third-order valence-corrected chi connectivity index (χ3v) is 2.86. The van der Waals surface area contributed by atoms with Crippen LogP contribution in [-0.2, 0) is 9.09 Å². The van der Waals surface area contributed by atoms with Crippen molar-refractivity contribution in [2.75, 3.05) is 0 Å². The van der Waals surface area contributed by atoms with Crippen LogP contribution >= 0.6 is 63.4 Å². The molecule has 0 radical (unpaired) electrons. The largest absolute Gasteiger partial charge is 0.380 e. The summed E-state index contributed by atoms with van der Waals surface area (Å²) in [6, 6.07) is 0. The molecule has 0 aromatic rings. The molecule has 0 aromatic carbocycles. The van der Waals surface area contributed by atoms with Gasteiger partial charge in [0.2, 0.25) is 3.79 Å². The van der Waals surface area contributed by atoms with Gasteiger partial charge in [-0.15, -0.1) is 6.58 Å². The summed E-state index contributed by atoms with van der Waals surface area (Å²) < 4.78 is 13.9. The van der Waals surface area contributed by atoms with Crippen molar-refractivity contribution in [2.24, 2.45) is 0 Å². The zero-order chi connectivity index (χ0) is 11.6. The van der Waals surface area contributed by atoms with E-state index in [1.165, 1.54) is 0 Å². The number of halogens is 5. The van der Waals surface area contributed by atoms with Crippen LogP contribution in [0.3, 0.4) is 0 Å². The lowest BCUT2D eigenvalue weighted by atomic mass is 10.2. The second-order valence-corrected chi connectivity index (χ2v) is 9.31. The van der Waals surface area contributed by atoms with Crippen molar-refractivity contribution in [1.29, 1.82) is 0 Å². The van der Waals surface area contributed by atoms with Crippen LogP contribution in [0.1, 0.15) is 13.3 Å². The first-order valence-electron chi connectivity index (χ1n) is 3.41. The van der Waals surface area contributed by atoms with Crippen LogP contribution in [0.2, 0.25) is 0 Å². The Kier molecular flexibility index (Phi) is 6.19. The minimum atomic E-state index is -3.72. The van der Waals surface area contributed by atoms with Crippen LogP contribution in [0.15, 0.2) is 12.2 Å². The average molecular weight is 320 g/mol. The molecule has 0 aliphatic heterocycles. The molecule has 0 fully saturated rings. The highest BCUT2D eigenvalue weighted by atomic mass is 35.9. The maximum absolute atomic E-state index is 11.0. The molecule has 0 saturated carbocycles. The molecule has 1 atom stereocenters. The molecule has 0 saturated heterocycles. The van der Waals surface area contributed by atoms with Crippen molar-refractivity contribution in [3.05, 3.63) is 12.2 Å². The first-order valence-corrected chi connectivity index (χ1v) is 7.98. The Bertz CT molecular complexity index is 255. The van der Waals surface area contributed by atoms with Crippen molar-refractivity contribution < 1.29 is 9.09 Å². The summed E-state index contributed by atoms with van der Waals surface area (Å²) in [6.07, 6.45) is -4.50. The fraction of sp³-hybridized carbons (Fsp3) is 0.667. The van der Waals surface area contributed by atoms with Crippen molar-refractivity contribution in [3.8, 4) is 0 Å². The fourth-order valence-corrected chi connectivity index (χ4v) is 2.33. The number of alkyl halides is 3. The predicted molar refractivity (Wildman–Crippen MR) is 63.9 cm³/mol. The highest BCUT2D eigenvalue weighted by Gasteiger charge is 2.37. The normalized spacial score (nSPS) is 15.3. The number of hydrogen-bond acceptors (Lipinski definition) is 2. The van der Waals surface area contributed by atoms with Crippen LogP contribution in [-0.4, -0.2) is 9.90 Å². The van der Waals surface area contributed by atoms with E-state index >= 15 is 0 Å². The van der Waals surface area contributed by atoms with E-state index in [2.05, 4.69) is 6.58 Å². The molecule has 84 valence electrons. The van der Waals surface area contributed by atoms with Gasteiger partial charge in [-0.25, -0.2) is 0 Å². The second-order valence-electron chi connectivity index (χ2n) is 2.71. The first kappa shape index (κ1) is 15.4. The van der Waals surface area contributed by atoms with Crippen LogP contribution < -0.4 is 0 Å². The maximum atomic E-state index is 11.0. The molecular weight excluding hydrogens is 312 g/mol. The highest BCUT2D eigenvalue weighted by Crippen LogP contribution is 2.60. The quantitative estimate of drug-likeness (QED) is 0.399. The van der Waals surface area contributed by atoms with Gasteiger partial charge in [0.05, 0.1) is 0 Å². The molecule has 0 aliphatic carbocycles. The molecule has 0 spiro atoms. The fourth-order valence-electron chi connectivity index (χ4n) is 0.677. The van der Waals surface area contributed by atoms with E-state index in [1.807, 2.05) is 0 Å². The van der Waals surface area contributed by atoms with Crippen LogP contribution in [0.25, 0.3) is 0 Å². The molecule has 0 N–H and O–H groups in total. The van der Waals surface area contributed by atoms with E-state index in [4.69, 9.17) is 61.8 Å². The van der Waals surface area contributed by atoms with Gasteiger partial charge in [0, 0.05) is 0 Å². The Labute approximate surface area is 107 Å². The Hall–Kier alpha value is 1.38. The Morgan fingerprint density at radius 2 is 1.93 bits per heavy atom. The lowest BCUT2D eigenvalue weighted by molar-refractivity contribution is 0.222. The molecule has 0 aliphatic rings. The van der Waals surface area contributed by atoms with E-state index < -0.39 is 16.0 Å². The molecule has 14 heavy (non-hydrogen) atoms. The SMILES string of the molecule is C=C(C)CC(OP(=O)(Cl)Cl)C(Cl)(Cl)Cl. The smallest absolute Gasteiger partial charge is 0.298 e. The molecule has 0 bridgehead atoms. The Morgan fingerprint density at radius 1 is 1.50 bits per heavy atom. The van der Waals surface area contributed by atoms with Crippen molar-refractivity contribution in [3.63, 3.8) is 0 Å². The molecule has 0 aromatic heterocycles. The molecule has 0 rings (SSSR count). The predicted octanol–water partition coefficient (Wildman–Crippen LogP) is 5.29. The van der Waals surface area contributed by atoms with Gasteiger partial charge >= 0.3 is 6.07 Å². The highest BCUT2D eigenvalue weighted by molar-refractivity contribution is 8.05. The minimum absolute atomic E-state index is 0.208. The molecule has 8 heteroatoms. The van der Waals surface area contributed by atoms with E-state index in [0.717, 1.165) is 0 Å². The lowest BCUT2D eigenvalue weighted by Crippen LogP contribution is -2.27.